The highest BCUT2D eigenvalue weighted by molar-refractivity contribution is 5.31. The molecule has 0 saturated heterocycles. The molecule has 0 saturated carbocycles. The minimum Gasteiger partial charge on any atom is -0.103 e. The molecule has 0 heteroatoms. The third kappa shape index (κ3) is 2.38. The van der Waals surface area contributed by atoms with E-state index in [-0.39, 0.29) is 0 Å². The third-order valence-corrected chi connectivity index (χ3v) is 1.99. The Morgan fingerprint density at radius 3 is 2.82 bits per heavy atom. The van der Waals surface area contributed by atoms with Crippen LogP contribution in [0.1, 0.15) is 32.6 Å². The molecule has 0 nitrogen and oxygen atoms in total. The molecule has 1 rings (SSSR count). The Morgan fingerprint density at radius 1 is 1.45 bits per heavy atom. The Labute approximate surface area is 69.3 Å². The van der Waals surface area contributed by atoms with E-state index >= 15 is 0 Å². The van der Waals surface area contributed by atoms with E-state index in [1.165, 1.54) is 24.8 Å². The molecule has 0 aliphatic heterocycles. The normalized spacial score (nSPS) is 16.1. The molecular weight excluding hydrogens is 132 g/mol. The summed E-state index contributed by atoms with van der Waals surface area (Å²) in [5.74, 6) is 0. The van der Waals surface area contributed by atoms with Crippen LogP contribution in [-0.2, 0) is 0 Å². The molecule has 1 aliphatic carbocycles. The van der Waals surface area contributed by atoms with Crippen molar-refractivity contribution in [3.63, 3.8) is 0 Å². The van der Waals surface area contributed by atoms with E-state index in [0.717, 1.165) is 6.42 Å². The van der Waals surface area contributed by atoms with E-state index in [4.69, 9.17) is 0 Å². The Hall–Kier alpha value is -0.780. The molecule has 0 radical (unpaired) electrons. The van der Waals surface area contributed by atoms with Crippen LogP contribution in [0.15, 0.2) is 36.0 Å². The molecule has 0 N–H and O–H groups in total. The summed E-state index contributed by atoms with van der Waals surface area (Å²) >= 11 is 0. The second-order valence-electron chi connectivity index (χ2n) is 3.07. The largest absolute Gasteiger partial charge is 0.103 e. The van der Waals surface area contributed by atoms with Gasteiger partial charge in [0.25, 0.3) is 0 Å². The molecule has 0 spiro atoms. The fraction of sp³-hybridized carbons (Fsp3) is 0.455. The van der Waals surface area contributed by atoms with Gasteiger partial charge in [0.2, 0.25) is 0 Å². The van der Waals surface area contributed by atoms with Gasteiger partial charge in [0.05, 0.1) is 0 Å². The van der Waals surface area contributed by atoms with Crippen LogP contribution in [-0.4, -0.2) is 0 Å². The van der Waals surface area contributed by atoms with Gasteiger partial charge in [0.1, 0.15) is 0 Å². The van der Waals surface area contributed by atoms with E-state index in [2.05, 4.69) is 25.7 Å². The van der Waals surface area contributed by atoms with Gasteiger partial charge < -0.3 is 0 Å². The standard InChI is InChI=1S/C11H16/c1-3-5-10-7-8-11(9-10)6-4-2/h3,7-8H,1,4-6,9H2,2H3. The molecule has 0 aromatic rings. The van der Waals surface area contributed by atoms with E-state index < -0.39 is 0 Å². The number of rotatable bonds is 4. The van der Waals surface area contributed by atoms with Crippen molar-refractivity contribution in [3.8, 4) is 0 Å². The van der Waals surface area contributed by atoms with Gasteiger partial charge in [-0.25, -0.2) is 0 Å². The van der Waals surface area contributed by atoms with Crippen molar-refractivity contribution in [2.24, 2.45) is 0 Å². The lowest BCUT2D eigenvalue weighted by molar-refractivity contribution is 0.871. The molecular formula is C11H16. The molecule has 0 aromatic heterocycles. The van der Waals surface area contributed by atoms with Crippen LogP contribution < -0.4 is 0 Å². The summed E-state index contributed by atoms with van der Waals surface area (Å²) in [7, 11) is 0. The maximum Gasteiger partial charge on any atom is -0.00991 e. The average molecular weight is 148 g/mol. The highest BCUT2D eigenvalue weighted by Crippen LogP contribution is 2.24. The van der Waals surface area contributed by atoms with Gasteiger partial charge in [-0.1, -0.05) is 42.7 Å². The van der Waals surface area contributed by atoms with Crippen LogP contribution in [0.5, 0.6) is 0 Å². The fourth-order valence-electron chi connectivity index (χ4n) is 1.46. The fourth-order valence-corrected chi connectivity index (χ4v) is 1.46. The van der Waals surface area contributed by atoms with E-state index in [1.54, 1.807) is 5.57 Å². The van der Waals surface area contributed by atoms with Crippen LogP contribution in [0.25, 0.3) is 0 Å². The van der Waals surface area contributed by atoms with E-state index in [0.29, 0.717) is 0 Å². The zero-order chi connectivity index (χ0) is 8.10. The summed E-state index contributed by atoms with van der Waals surface area (Å²) in [5, 5.41) is 0. The Kier molecular flexibility index (Phi) is 3.15. The van der Waals surface area contributed by atoms with Crippen LogP contribution >= 0.6 is 0 Å². The van der Waals surface area contributed by atoms with Crippen molar-refractivity contribution in [1.29, 1.82) is 0 Å². The first-order valence-electron chi connectivity index (χ1n) is 4.35. The number of allylic oxidation sites excluding steroid dienone is 5. The van der Waals surface area contributed by atoms with Crippen molar-refractivity contribution < 1.29 is 0 Å². The number of hydrogen-bond acceptors (Lipinski definition) is 0. The lowest BCUT2D eigenvalue weighted by Crippen LogP contribution is -1.80. The van der Waals surface area contributed by atoms with Crippen molar-refractivity contribution in [2.45, 2.75) is 32.6 Å². The van der Waals surface area contributed by atoms with E-state index in [9.17, 15) is 0 Å². The zero-order valence-corrected chi connectivity index (χ0v) is 7.27. The molecule has 0 amide bonds. The summed E-state index contributed by atoms with van der Waals surface area (Å²) in [6.07, 6.45) is 11.3. The van der Waals surface area contributed by atoms with Gasteiger partial charge in [-0.3, -0.25) is 0 Å². The van der Waals surface area contributed by atoms with Crippen LogP contribution in [0.3, 0.4) is 0 Å². The predicted octanol–water partition coefficient (Wildman–Crippen LogP) is 3.62. The summed E-state index contributed by atoms with van der Waals surface area (Å²) in [6, 6.07) is 0. The molecule has 0 unspecified atom stereocenters. The highest BCUT2D eigenvalue weighted by Gasteiger charge is 2.04. The lowest BCUT2D eigenvalue weighted by Gasteiger charge is -2.00. The van der Waals surface area contributed by atoms with Gasteiger partial charge >= 0.3 is 0 Å². The van der Waals surface area contributed by atoms with Crippen molar-refractivity contribution >= 4 is 0 Å². The molecule has 60 valence electrons. The van der Waals surface area contributed by atoms with Crippen molar-refractivity contribution in [1.82, 2.24) is 0 Å². The van der Waals surface area contributed by atoms with Crippen LogP contribution in [0, 0.1) is 0 Å². The molecule has 0 bridgehead atoms. The first-order valence-corrected chi connectivity index (χ1v) is 4.35. The van der Waals surface area contributed by atoms with Gasteiger partial charge in [-0.05, 0) is 19.3 Å². The molecule has 11 heavy (non-hydrogen) atoms. The molecule has 0 heterocycles. The Balaban J connectivity index is 2.32. The lowest BCUT2D eigenvalue weighted by atomic mass is 10.1. The summed E-state index contributed by atoms with van der Waals surface area (Å²) in [5.41, 5.74) is 3.10. The predicted molar refractivity (Wildman–Crippen MR) is 50.5 cm³/mol. The third-order valence-electron chi connectivity index (χ3n) is 1.99. The Morgan fingerprint density at radius 2 is 2.18 bits per heavy atom. The van der Waals surface area contributed by atoms with Gasteiger partial charge in [-0.15, -0.1) is 6.58 Å². The van der Waals surface area contributed by atoms with Gasteiger partial charge in [0.15, 0.2) is 0 Å². The first kappa shape index (κ1) is 8.32. The summed E-state index contributed by atoms with van der Waals surface area (Å²) < 4.78 is 0. The minimum atomic E-state index is 1.06. The van der Waals surface area contributed by atoms with Gasteiger partial charge in [-0.2, -0.15) is 0 Å². The topological polar surface area (TPSA) is 0 Å². The van der Waals surface area contributed by atoms with Crippen LogP contribution in [0.4, 0.5) is 0 Å². The maximum atomic E-state index is 3.73. The maximum absolute atomic E-state index is 3.73. The highest BCUT2D eigenvalue weighted by atomic mass is 14.1. The quantitative estimate of drug-likeness (QED) is 0.534. The second kappa shape index (κ2) is 4.17. The zero-order valence-electron chi connectivity index (χ0n) is 7.27. The molecule has 1 aliphatic rings. The molecule has 0 aromatic carbocycles. The van der Waals surface area contributed by atoms with Crippen molar-refractivity contribution in [2.75, 3.05) is 0 Å². The van der Waals surface area contributed by atoms with Crippen LogP contribution in [0.2, 0.25) is 0 Å². The van der Waals surface area contributed by atoms with E-state index in [1.807, 2.05) is 6.08 Å². The molecule has 0 fully saturated rings. The van der Waals surface area contributed by atoms with Gasteiger partial charge in [0, 0.05) is 0 Å². The number of hydrogen-bond donors (Lipinski definition) is 0. The second-order valence-corrected chi connectivity index (χ2v) is 3.07. The minimum absolute atomic E-state index is 1.06. The SMILES string of the molecule is C=CCC1=CC=C(CCC)C1. The summed E-state index contributed by atoms with van der Waals surface area (Å²) in [4.78, 5) is 0. The summed E-state index contributed by atoms with van der Waals surface area (Å²) in [6.45, 7) is 5.96. The monoisotopic (exact) mass is 148 g/mol. The Bertz CT molecular complexity index is 194. The molecule has 0 atom stereocenters. The average Bonchev–Trinajstić information content (AvgIpc) is 2.38. The first-order chi connectivity index (χ1) is 5.36. The van der Waals surface area contributed by atoms with Crippen molar-refractivity contribution in [3.05, 3.63) is 36.0 Å². The smallest absolute Gasteiger partial charge is 0.00991 e.